The molecule has 2 aromatic heterocycles. The third kappa shape index (κ3) is 3.42. The van der Waals surface area contributed by atoms with Gasteiger partial charge in [-0.2, -0.15) is 0 Å². The molecule has 0 spiro atoms. The number of Topliss-reactive ketones (excluding diaryl/α,β-unsaturated/α-hetero) is 1. The highest BCUT2D eigenvalue weighted by molar-refractivity contribution is 7.22. The second-order valence-electron chi connectivity index (χ2n) is 7.26. The number of methoxy groups -OCH3 is 1. The summed E-state index contributed by atoms with van der Waals surface area (Å²) in [5, 5.41) is 11.2. The van der Waals surface area contributed by atoms with Gasteiger partial charge in [0.1, 0.15) is 23.4 Å². The highest BCUT2D eigenvalue weighted by Crippen LogP contribution is 2.45. The molecular weight excluding hydrogens is 445 g/mol. The van der Waals surface area contributed by atoms with E-state index in [-0.39, 0.29) is 16.3 Å². The van der Waals surface area contributed by atoms with Gasteiger partial charge in [-0.1, -0.05) is 29.5 Å². The number of fused-ring (bicyclic) bond motifs is 1. The zero-order valence-corrected chi connectivity index (χ0v) is 18.0. The van der Waals surface area contributed by atoms with Crippen LogP contribution in [0.25, 0.3) is 16.0 Å². The Hall–Kier alpha value is -4.11. The highest BCUT2D eigenvalue weighted by atomic mass is 32.1. The molecule has 1 saturated heterocycles. The summed E-state index contributed by atoms with van der Waals surface area (Å²) < 4.78 is 20.9. The van der Waals surface area contributed by atoms with Gasteiger partial charge >= 0.3 is 5.91 Å². The molecule has 1 N–H and O–H groups in total. The maximum atomic E-state index is 14.9. The number of aromatic nitrogens is 2. The fourth-order valence-electron chi connectivity index (χ4n) is 3.81. The van der Waals surface area contributed by atoms with E-state index in [9.17, 15) is 19.1 Å². The predicted octanol–water partition coefficient (Wildman–Crippen LogP) is 4.47. The Labute approximate surface area is 191 Å². The minimum Gasteiger partial charge on any atom is -0.507 e. The van der Waals surface area contributed by atoms with E-state index < -0.39 is 29.3 Å². The van der Waals surface area contributed by atoms with Crippen LogP contribution in [0.5, 0.6) is 5.75 Å². The number of aliphatic hydroxyl groups is 1. The first-order chi connectivity index (χ1) is 16.0. The number of ether oxygens (including phenoxy) is 1. The average molecular weight is 461 g/mol. The van der Waals surface area contributed by atoms with Gasteiger partial charge in [0.2, 0.25) is 0 Å². The van der Waals surface area contributed by atoms with E-state index in [2.05, 4.69) is 9.97 Å². The van der Waals surface area contributed by atoms with Gasteiger partial charge in [-0.3, -0.25) is 19.5 Å². The molecule has 3 heterocycles. The number of thiazole rings is 1. The van der Waals surface area contributed by atoms with Crippen LogP contribution in [0.3, 0.4) is 0 Å². The molecule has 5 rings (SSSR count). The van der Waals surface area contributed by atoms with Gasteiger partial charge < -0.3 is 9.84 Å². The van der Waals surface area contributed by atoms with Crippen molar-refractivity contribution in [3.8, 4) is 5.75 Å². The number of rotatable bonds is 4. The zero-order chi connectivity index (χ0) is 23.1. The Balaban J connectivity index is 1.74. The van der Waals surface area contributed by atoms with Crippen LogP contribution >= 0.6 is 11.3 Å². The summed E-state index contributed by atoms with van der Waals surface area (Å²) in [6, 6.07) is 12.9. The molecule has 7 nitrogen and oxygen atoms in total. The topological polar surface area (TPSA) is 92.6 Å². The summed E-state index contributed by atoms with van der Waals surface area (Å²) in [4.78, 5) is 35.9. The maximum Gasteiger partial charge on any atom is 0.301 e. The number of carbonyl (C=O) groups excluding carboxylic acids is 2. The van der Waals surface area contributed by atoms with Gasteiger partial charge in [0, 0.05) is 23.5 Å². The number of nitrogens with zero attached hydrogens (tertiary/aromatic N) is 3. The van der Waals surface area contributed by atoms with Crippen LogP contribution in [0.4, 0.5) is 9.52 Å². The molecule has 1 aliphatic rings. The Kier molecular flexibility index (Phi) is 5.10. The third-order valence-electron chi connectivity index (χ3n) is 5.39. The number of hydrogen-bond acceptors (Lipinski definition) is 7. The summed E-state index contributed by atoms with van der Waals surface area (Å²) in [6.07, 6.45) is 2.90. The molecule has 1 unspecified atom stereocenters. The molecule has 2 aromatic carbocycles. The lowest BCUT2D eigenvalue weighted by atomic mass is 9.95. The van der Waals surface area contributed by atoms with E-state index >= 15 is 0 Å². The number of benzene rings is 2. The fourth-order valence-corrected chi connectivity index (χ4v) is 4.83. The van der Waals surface area contributed by atoms with Crippen molar-refractivity contribution in [2.75, 3.05) is 12.0 Å². The summed E-state index contributed by atoms with van der Waals surface area (Å²) in [5.74, 6) is -2.23. The molecule has 33 heavy (non-hydrogen) atoms. The second kappa shape index (κ2) is 8.10. The molecule has 1 aliphatic heterocycles. The van der Waals surface area contributed by atoms with Crippen molar-refractivity contribution in [1.29, 1.82) is 0 Å². The number of anilines is 1. The van der Waals surface area contributed by atoms with Gasteiger partial charge in [-0.05, 0) is 36.4 Å². The number of pyridine rings is 1. The van der Waals surface area contributed by atoms with Crippen LogP contribution in [-0.2, 0) is 9.59 Å². The lowest BCUT2D eigenvalue weighted by molar-refractivity contribution is -0.132. The van der Waals surface area contributed by atoms with Crippen molar-refractivity contribution in [2.24, 2.45) is 0 Å². The zero-order valence-electron chi connectivity index (χ0n) is 17.2. The first kappa shape index (κ1) is 20.8. The summed E-state index contributed by atoms with van der Waals surface area (Å²) in [7, 11) is 1.54. The standard InChI is InChI=1S/C24H16FN3O4S/c1-32-14-6-7-17-18(12-14)33-24(27-17)28-20(15-4-2-3-5-16(15)25)19(22(30)23(28)31)21(29)13-8-10-26-11-9-13/h2-12,20,29H,1H3/b21-19+. The molecule has 164 valence electrons. The van der Waals surface area contributed by atoms with Crippen LogP contribution in [0.2, 0.25) is 0 Å². The monoisotopic (exact) mass is 461 g/mol. The number of ketones is 1. The SMILES string of the molecule is COc1ccc2nc(N3C(=O)C(=O)/C(=C(/O)c4ccncc4)C3c3ccccc3F)sc2c1. The maximum absolute atomic E-state index is 14.9. The molecule has 1 atom stereocenters. The Morgan fingerprint density at radius 3 is 2.61 bits per heavy atom. The summed E-state index contributed by atoms with van der Waals surface area (Å²) >= 11 is 1.17. The van der Waals surface area contributed by atoms with Crippen molar-refractivity contribution >= 4 is 44.1 Å². The van der Waals surface area contributed by atoms with Gasteiger partial charge in [-0.15, -0.1) is 0 Å². The molecule has 0 radical (unpaired) electrons. The van der Waals surface area contributed by atoms with E-state index in [4.69, 9.17) is 4.74 Å². The molecule has 0 saturated carbocycles. The van der Waals surface area contributed by atoms with Crippen molar-refractivity contribution in [3.05, 3.63) is 89.5 Å². The number of carbonyl (C=O) groups is 2. The molecule has 0 aliphatic carbocycles. The minimum atomic E-state index is -1.19. The number of amides is 1. The van der Waals surface area contributed by atoms with Crippen molar-refractivity contribution in [2.45, 2.75) is 6.04 Å². The number of halogens is 1. The predicted molar refractivity (Wildman–Crippen MR) is 122 cm³/mol. The highest BCUT2D eigenvalue weighted by Gasteiger charge is 2.49. The van der Waals surface area contributed by atoms with E-state index in [1.54, 1.807) is 31.4 Å². The molecule has 1 fully saturated rings. The van der Waals surface area contributed by atoms with Crippen LogP contribution in [0, 0.1) is 5.82 Å². The van der Waals surface area contributed by atoms with Gasteiger partial charge in [0.05, 0.1) is 22.9 Å². The van der Waals surface area contributed by atoms with Crippen LogP contribution in [-0.4, -0.2) is 33.9 Å². The van der Waals surface area contributed by atoms with Crippen molar-refractivity contribution < 1.29 is 23.8 Å². The van der Waals surface area contributed by atoms with Crippen molar-refractivity contribution in [1.82, 2.24) is 9.97 Å². The lowest BCUT2D eigenvalue weighted by Gasteiger charge is -2.23. The molecule has 9 heteroatoms. The van der Waals surface area contributed by atoms with Crippen LogP contribution in [0.1, 0.15) is 17.2 Å². The molecule has 0 bridgehead atoms. The molecular formula is C24H16FN3O4S. The molecule has 4 aromatic rings. The minimum absolute atomic E-state index is 0.0733. The Morgan fingerprint density at radius 1 is 1.12 bits per heavy atom. The van der Waals surface area contributed by atoms with E-state index in [0.717, 1.165) is 9.60 Å². The molecule has 1 amide bonds. The fraction of sp³-hybridized carbons (Fsp3) is 0.0833. The van der Waals surface area contributed by atoms with Gasteiger partial charge in [-0.25, -0.2) is 9.37 Å². The lowest BCUT2D eigenvalue weighted by Crippen LogP contribution is -2.29. The van der Waals surface area contributed by atoms with E-state index in [1.165, 1.54) is 54.1 Å². The Morgan fingerprint density at radius 2 is 1.88 bits per heavy atom. The smallest absolute Gasteiger partial charge is 0.301 e. The van der Waals surface area contributed by atoms with Crippen LogP contribution in [0.15, 0.2) is 72.6 Å². The third-order valence-corrected chi connectivity index (χ3v) is 6.41. The summed E-state index contributed by atoms with van der Waals surface area (Å²) in [5.41, 5.74) is 0.745. The first-order valence-electron chi connectivity index (χ1n) is 9.90. The number of aliphatic hydroxyl groups excluding tert-OH is 1. The van der Waals surface area contributed by atoms with Gasteiger partial charge in [0.15, 0.2) is 5.13 Å². The van der Waals surface area contributed by atoms with Crippen LogP contribution < -0.4 is 9.64 Å². The quantitative estimate of drug-likeness (QED) is 0.274. The van der Waals surface area contributed by atoms with Crippen molar-refractivity contribution in [3.63, 3.8) is 0 Å². The van der Waals surface area contributed by atoms with E-state index in [0.29, 0.717) is 16.8 Å². The first-order valence-corrected chi connectivity index (χ1v) is 10.7. The van der Waals surface area contributed by atoms with Gasteiger partial charge in [0.25, 0.3) is 5.78 Å². The van der Waals surface area contributed by atoms with E-state index in [1.807, 2.05) is 0 Å². The largest absolute Gasteiger partial charge is 0.507 e. The second-order valence-corrected chi connectivity index (χ2v) is 8.27. The number of hydrogen-bond donors (Lipinski definition) is 1. The Bertz CT molecular complexity index is 1430. The average Bonchev–Trinajstić information content (AvgIpc) is 3.37. The summed E-state index contributed by atoms with van der Waals surface area (Å²) in [6.45, 7) is 0. The normalized spacial score (nSPS) is 17.6.